The van der Waals surface area contributed by atoms with E-state index in [-0.39, 0.29) is 0 Å². The van der Waals surface area contributed by atoms with E-state index in [1.165, 1.54) is 24.0 Å². The van der Waals surface area contributed by atoms with Crippen LogP contribution in [-0.2, 0) is 13.0 Å². The summed E-state index contributed by atoms with van der Waals surface area (Å²) in [5.41, 5.74) is 4.74. The summed E-state index contributed by atoms with van der Waals surface area (Å²) in [4.78, 5) is 7.51. The van der Waals surface area contributed by atoms with Crippen molar-refractivity contribution in [3.05, 3.63) is 89.2 Å². The second-order valence-corrected chi connectivity index (χ2v) is 9.81. The van der Waals surface area contributed by atoms with Crippen LogP contribution in [0, 0.1) is 0 Å². The summed E-state index contributed by atoms with van der Waals surface area (Å²) in [5.74, 6) is 3.50. The first kappa shape index (κ1) is 25.9. The standard InChI is InChI=1S/C32H36N2O4/c1-35-29-11-10-22(17-30(29)36-2)16-28-27-19-32(38-4)31(37-3)18-26(27)25(20-33-28)21-34-14-12-24(13-15-34)23-8-6-5-7-9-23/h5-11,17-20,24H,12-16,21H2,1-4H3. The van der Waals surface area contributed by atoms with Gasteiger partial charge in [0.25, 0.3) is 0 Å². The molecule has 1 aliphatic rings. The first-order valence-corrected chi connectivity index (χ1v) is 13.1. The molecule has 198 valence electrons. The van der Waals surface area contributed by atoms with E-state index in [2.05, 4.69) is 53.4 Å². The van der Waals surface area contributed by atoms with Gasteiger partial charge in [-0.25, -0.2) is 0 Å². The predicted molar refractivity (Wildman–Crippen MR) is 151 cm³/mol. The maximum Gasteiger partial charge on any atom is 0.161 e. The summed E-state index contributed by atoms with van der Waals surface area (Å²) in [7, 11) is 6.66. The summed E-state index contributed by atoms with van der Waals surface area (Å²) in [6, 6.07) is 21.1. The number of benzene rings is 3. The van der Waals surface area contributed by atoms with Crippen molar-refractivity contribution in [3.63, 3.8) is 0 Å². The quantitative estimate of drug-likeness (QED) is 0.265. The number of rotatable bonds is 9. The molecule has 2 heterocycles. The van der Waals surface area contributed by atoms with Crippen molar-refractivity contribution in [1.29, 1.82) is 0 Å². The smallest absolute Gasteiger partial charge is 0.161 e. The molecular formula is C32H36N2O4. The second kappa shape index (κ2) is 11.7. The van der Waals surface area contributed by atoms with Crippen LogP contribution in [0.2, 0.25) is 0 Å². The van der Waals surface area contributed by atoms with E-state index in [9.17, 15) is 0 Å². The van der Waals surface area contributed by atoms with Crippen LogP contribution in [0.3, 0.4) is 0 Å². The fourth-order valence-electron chi connectivity index (χ4n) is 5.52. The van der Waals surface area contributed by atoms with Crippen molar-refractivity contribution in [3.8, 4) is 23.0 Å². The monoisotopic (exact) mass is 512 g/mol. The van der Waals surface area contributed by atoms with Crippen molar-refractivity contribution in [2.75, 3.05) is 41.5 Å². The zero-order chi connectivity index (χ0) is 26.5. The highest BCUT2D eigenvalue weighted by Gasteiger charge is 2.22. The van der Waals surface area contributed by atoms with Gasteiger partial charge in [-0.3, -0.25) is 9.88 Å². The third-order valence-corrected chi connectivity index (χ3v) is 7.63. The first-order valence-electron chi connectivity index (χ1n) is 13.1. The number of hydrogen-bond donors (Lipinski definition) is 0. The van der Waals surface area contributed by atoms with Crippen molar-refractivity contribution >= 4 is 10.8 Å². The van der Waals surface area contributed by atoms with Gasteiger partial charge >= 0.3 is 0 Å². The number of hydrogen-bond acceptors (Lipinski definition) is 6. The van der Waals surface area contributed by atoms with Gasteiger partial charge in [-0.1, -0.05) is 36.4 Å². The van der Waals surface area contributed by atoms with E-state index in [4.69, 9.17) is 23.9 Å². The van der Waals surface area contributed by atoms with Crippen molar-refractivity contribution < 1.29 is 18.9 Å². The maximum absolute atomic E-state index is 5.68. The average Bonchev–Trinajstić information content (AvgIpc) is 2.98. The molecule has 0 atom stereocenters. The van der Waals surface area contributed by atoms with Crippen LogP contribution in [0.5, 0.6) is 23.0 Å². The Bertz CT molecular complexity index is 1380. The van der Waals surface area contributed by atoms with Gasteiger partial charge in [-0.05, 0) is 78.2 Å². The van der Waals surface area contributed by atoms with Crippen LogP contribution in [0.15, 0.2) is 66.9 Å². The molecule has 0 spiro atoms. The van der Waals surface area contributed by atoms with Crippen molar-refractivity contribution in [1.82, 2.24) is 9.88 Å². The fraction of sp³-hybridized carbons (Fsp3) is 0.344. The fourth-order valence-corrected chi connectivity index (χ4v) is 5.52. The normalized spacial score (nSPS) is 14.4. The lowest BCUT2D eigenvalue weighted by molar-refractivity contribution is 0.205. The highest BCUT2D eigenvalue weighted by Crippen LogP contribution is 2.37. The molecule has 0 bridgehead atoms. The lowest BCUT2D eigenvalue weighted by Gasteiger charge is -2.32. The van der Waals surface area contributed by atoms with E-state index in [0.717, 1.165) is 47.4 Å². The second-order valence-electron chi connectivity index (χ2n) is 9.81. The number of piperidine rings is 1. The molecule has 1 saturated heterocycles. The molecule has 0 amide bonds. The van der Waals surface area contributed by atoms with Crippen LogP contribution < -0.4 is 18.9 Å². The number of likely N-dealkylation sites (tertiary alicyclic amines) is 1. The molecule has 0 aliphatic carbocycles. The molecule has 0 radical (unpaired) electrons. The highest BCUT2D eigenvalue weighted by atomic mass is 16.5. The molecule has 1 aliphatic heterocycles. The Morgan fingerprint density at radius 2 is 1.37 bits per heavy atom. The van der Waals surface area contributed by atoms with E-state index < -0.39 is 0 Å². The molecule has 1 fully saturated rings. The lowest BCUT2D eigenvalue weighted by Crippen LogP contribution is -2.32. The van der Waals surface area contributed by atoms with Gasteiger partial charge in [-0.2, -0.15) is 0 Å². The Labute approximate surface area is 225 Å². The van der Waals surface area contributed by atoms with E-state index in [0.29, 0.717) is 29.6 Å². The molecule has 6 heteroatoms. The van der Waals surface area contributed by atoms with Gasteiger partial charge in [0.05, 0.1) is 34.1 Å². The molecule has 4 aromatic rings. The largest absolute Gasteiger partial charge is 0.493 e. The molecule has 38 heavy (non-hydrogen) atoms. The number of pyridine rings is 1. The molecule has 0 saturated carbocycles. The number of methoxy groups -OCH3 is 4. The van der Waals surface area contributed by atoms with E-state index in [1.807, 2.05) is 18.3 Å². The third kappa shape index (κ3) is 5.41. The molecule has 1 aromatic heterocycles. The van der Waals surface area contributed by atoms with Gasteiger partial charge in [0.2, 0.25) is 0 Å². The Morgan fingerprint density at radius 3 is 2.03 bits per heavy atom. The van der Waals surface area contributed by atoms with Crippen LogP contribution in [0.25, 0.3) is 10.8 Å². The van der Waals surface area contributed by atoms with Crippen LogP contribution in [-0.4, -0.2) is 51.4 Å². The Hall–Kier alpha value is -3.77. The summed E-state index contributed by atoms with van der Waals surface area (Å²) in [5, 5.41) is 2.23. The highest BCUT2D eigenvalue weighted by molar-refractivity contribution is 5.90. The van der Waals surface area contributed by atoms with E-state index >= 15 is 0 Å². The Kier molecular flexibility index (Phi) is 7.99. The van der Waals surface area contributed by atoms with Gasteiger partial charge in [0.1, 0.15) is 0 Å². The Balaban J connectivity index is 1.43. The van der Waals surface area contributed by atoms with Crippen molar-refractivity contribution in [2.24, 2.45) is 0 Å². The number of aromatic nitrogens is 1. The first-order chi connectivity index (χ1) is 18.6. The molecule has 0 unspecified atom stereocenters. The molecule has 6 nitrogen and oxygen atoms in total. The maximum atomic E-state index is 5.68. The van der Waals surface area contributed by atoms with Crippen LogP contribution >= 0.6 is 0 Å². The minimum absolute atomic E-state index is 0.635. The van der Waals surface area contributed by atoms with E-state index in [1.54, 1.807) is 28.4 Å². The van der Waals surface area contributed by atoms with Gasteiger partial charge in [0, 0.05) is 24.5 Å². The topological polar surface area (TPSA) is 53.1 Å². The lowest BCUT2D eigenvalue weighted by atomic mass is 9.89. The number of ether oxygens (including phenoxy) is 4. The zero-order valence-electron chi connectivity index (χ0n) is 22.7. The average molecular weight is 513 g/mol. The number of nitrogens with zero attached hydrogens (tertiary/aromatic N) is 2. The zero-order valence-corrected chi connectivity index (χ0v) is 22.7. The van der Waals surface area contributed by atoms with Crippen LogP contribution in [0.4, 0.5) is 0 Å². The van der Waals surface area contributed by atoms with Gasteiger partial charge in [-0.15, -0.1) is 0 Å². The Morgan fingerprint density at radius 1 is 0.737 bits per heavy atom. The predicted octanol–water partition coefficient (Wildman–Crippen LogP) is 6.24. The summed E-state index contributed by atoms with van der Waals surface area (Å²) in [6.07, 6.45) is 5.04. The summed E-state index contributed by atoms with van der Waals surface area (Å²) >= 11 is 0. The SMILES string of the molecule is COc1ccc(Cc2ncc(CN3CCC(c4ccccc4)CC3)c3cc(OC)c(OC)cc23)cc1OC. The molecule has 5 rings (SSSR count). The minimum atomic E-state index is 0.635. The van der Waals surface area contributed by atoms with Gasteiger partial charge < -0.3 is 18.9 Å². The number of fused-ring (bicyclic) bond motifs is 1. The van der Waals surface area contributed by atoms with Gasteiger partial charge in [0.15, 0.2) is 23.0 Å². The minimum Gasteiger partial charge on any atom is -0.493 e. The summed E-state index contributed by atoms with van der Waals surface area (Å²) in [6.45, 7) is 3.00. The molecule has 3 aromatic carbocycles. The third-order valence-electron chi connectivity index (χ3n) is 7.63. The summed E-state index contributed by atoms with van der Waals surface area (Å²) < 4.78 is 22.3. The molecular weight excluding hydrogens is 476 g/mol. The van der Waals surface area contributed by atoms with Crippen molar-refractivity contribution in [2.45, 2.75) is 31.7 Å². The van der Waals surface area contributed by atoms with Crippen LogP contribution in [0.1, 0.15) is 41.1 Å². The molecule has 0 N–H and O–H groups in total.